The minimum Gasteiger partial charge on any atom is -0.494 e. The zero-order valence-corrected chi connectivity index (χ0v) is 14.2. The summed E-state index contributed by atoms with van der Waals surface area (Å²) in [6.07, 6.45) is 0. The second-order valence-electron chi connectivity index (χ2n) is 4.67. The maximum atomic E-state index is 13.5. The van der Waals surface area contributed by atoms with Gasteiger partial charge >= 0.3 is 0 Å². The van der Waals surface area contributed by atoms with E-state index in [1.165, 1.54) is 12.1 Å². The molecule has 1 aromatic heterocycles. The fraction of sp³-hybridized carbons (Fsp3) is 0.211. The number of benzene rings is 2. The summed E-state index contributed by atoms with van der Waals surface area (Å²) in [7, 11) is 1.60. The number of aromatic nitrogens is 1. The van der Waals surface area contributed by atoms with E-state index >= 15 is 0 Å². The van der Waals surface area contributed by atoms with Crippen molar-refractivity contribution in [1.29, 1.82) is 0 Å². The Balaban J connectivity index is 0.000000924. The number of alkyl halides is 1. The van der Waals surface area contributed by atoms with Crippen molar-refractivity contribution in [3.05, 3.63) is 59.9 Å². The largest absolute Gasteiger partial charge is 0.494 e. The quantitative estimate of drug-likeness (QED) is 0.564. The minimum absolute atomic E-state index is 0.296. The summed E-state index contributed by atoms with van der Waals surface area (Å²) in [6.45, 7) is 4.00. The molecule has 0 saturated heterocycles. The van der Waals surface area contributed by atoms with Crippen LogP contribution >= 0.6 is 11.6 Å². The summed E-state index contributed by atoms with van der Waals surface area (Å²) < 4.78 is 18.8. The van der Waals surface area contributed by atoms with Crippen LogP contribution in [0.15, 0.2) is 48.5 Å². The number of hydrogen-bond acceptors (Lipinski definition) is 2. The predicted molar refractivity (Wildman–Crippen MR) is 94.6 cm³/mol. The molecule has 2 nitrogen and oxygen atoms in total. The predicted octanol–water partition coefficient (Wildman–Crippen LogP) is 5.81. The van der Waals surface area contributed by atoms with Crippen molar-refractivity contribution < 1.29 is 9.13 Å². The van der Waals surface area contributed by atoms with Gasteiger partial charge in [-0.1, -0.05) is 38.1 Å². The van der Waals surface area contributed by atoms with Gasteiger partial charge in [-0.2, -0.15) is 0 Å². The number of para-hydroxylation sites is 1. The van der Waals surface area contributed by atoms with Gasteiger partial charge < -0.3 is 4.74 Å². The molecule has 0 aliphatic rings. The molecule has 0 radical (unpaired) electrons. The lowest BCUT2D eigenvalue weighted by Crippen LogP contribution is -1.95. The highest BCUT2D eigenvalue weighted by atomic mass is 35.5. The molecule has 0 bridgehead atoms. The fourth-order valence-electron chi connectivity index (χ4n) is 2.37. The lowest BCUT2D eigenvalue weighted by atomic mass is 10.0. The molecule has 0 saturated carbocycles. The van der Waals surface area contributed by atoms with E-state index in [1.54, 1.807) is 13.2 Å². The third-order valence-electron chi connectivity index (χ3n) is 3.35. The van der Waals surface area contributed by atoms with Gasteiger partial charge in [-0.25, -0.2) is 9.37 Å². The molecule has 2 aromatic carbocycles. The average Bonchev–Trinajstić information content (AvgIpc) is 2.61. The SMILES string of the molecule is CC.COc1cccc2cc(CCl)c(-c3cccc(F)c3)nc12. The van der Waals surface area contributed by atoms with Gasteiger partial charge in [-0.3, -0.25) is 0 Å². The summed E-state index contributed by atoms with van der Waals surface area (Å²) in [5, 5.41) is 0.949. The molecule has 0 atom stereocenters. The number of nitrogens with zero attached hydrogens (tertiary/aromatic N) is 1. The maximum Gasteiger partial charge on any atom is 0.145 e. The lowest BCUT2D eigenvalue weighted by molar-refractivity contribution is 0.419. The number of pyridine rings is 1. The van der Waals surface area contributed by atoms with Crippen LogP contribution in [0, 0.1) is 5.82 Å². The normalized spacial score (nSPS) is 10.1. The summed E-state index contributed by atoms with van der Waals surface area (Å²) in [4.78, 5) is 4.65. The number of ether oxygens (including phenoxy) is 1. The van der Waals surface area contributed by atoms with Gasteiger partial charge in [0.2, 0.25) is 0 Å². The number of halogens is 2. The van der Waals surface area contributed by atoms with Crippen molar-refractivity contribution in [3.8, 4) is 17.0 Å². The monoisotopic (exact) mass is 331 g/mol. The fourth-order valence-corrected chi connectivity index (χ4v) is 2.57. The molecule has 0 aliphatic heterocycles. The van der Waals surface area contributed by atoms with E-state index in [-0.39, 0.29) is 5.82 Å². The summed E-state index contributed by atoms with van der Waals surface area (Å²) in [6, 6.07) is 14.0. The van der Waals surface area contributed by atoms with E-state index in [0.29, 0.717) is 22.9 Å². The minimum atomic E-state index is -0.296. The summed E-state index contributed by atoms with van der Waals surface area (Å²) in [5.74, 6) is 0.702. The van der Waals surface area contributed by atoms with Gasteiger partial charge in [0.1, 0.15) is 17.1 Å². The van der Waals surface area contributed by atoms with Gasteiger partial charge in [-0.15, -0.1) is 11.6 Å². The highest BCUT2D eigenvalue weighted by Gasteiger charge is 2.11. The van der Waals surface area contributed by atoms with Crippen LogP contribution in [0.25, 0.3) is 22.2 Å². The molecule has 1 heterocycles. The van der Waals surface area contributed by atoms with E-state index in [4.69, 9.17) is 16.3 Å². The Morgan fingerprint density at radius 3 is 2.48 bits per heavy atom. The van der Waals surface area contributed by atoms with Gasteiger partial charge in [0.05, 0.1) is 12.8 Å². The molecule has 120 valence electrons. The van der Waals surface area contributed by atoms with Gasteiger partial charge in [0.15, 0.2) is 0 Å². The smallest absolute Gasteiger partial charge is 0.145 e. The zero-order chi connectivity index (χ0) is 16.8. The number of methoxy groups -OCH3 is 1. The van der Waals surface area contributed by atoms with Crippen molar-refractivity contribution in [2.24, 2.45) is 0 Å². The molecule has 23 heavy (non-hydrogen) atoms. The van der Waals surface area contributed by atoms with Crippen LogP contribution in [0.2, 0.25) is 0 Å². The molecule has 0 unspecified atom stereocenters. The van der Waals surface area contributed by atoms with E-state index in [0.717, 1.165) is 16.5 Å². The van der Waals surface area contributed by atoms with Gasteiger partial charge in [0, 0.05) is 16.8 Å². The lowest BCUT2D eigenvalue weighted by Gasteiger charge is -2.11. The molecule has 0 spiro atoms. The highest BCUT2D eigenvalue weighted by Crippen LogP contribution is 2.31. The third kappa shape index (κ3) is 3.62. The standard InChI is InChI=1S/C17H13ClFNO.C2H6/c1-21-15-7-3-5-11-8-13(10-18)16(20-17(11)15)12-4-2-6-14(19)9-12;1-2/h2-9H,10H2,1H3;1-2H3. The average molecular weight is 332 g/mol. The third-order valence-corrected chi connectivity index (χ3v) is 3.64. The molecule has 4 heteroatoms. The van der Waals surface area contributed by atoms with Gasteiger partial charge in [0.25, 0.3) is 0 Å². The van der Waals surface area contributed by atoms with Crippen molar-refractivity contribution in [2.45, 2.75) is 19.7 Å². The topological polar surface area (TPSA) is 22.1 Å². The Labute approximate surface area is 140 Å². The Bertz CT molecular complexity index is 804. The van der Waals surface area contributed by atoms with Crippen LogP contribution < -0.4 is 4.74 Å². The molecule has 0 aliphatic carbocycles. The van der Waals surface area contributed by atoms with E-state index in [2.05, 4.69) is 4.98 Å². The molecule has 0 N–H and O–H groups in total. The Kier molecular flexibility index (Phi) is 5.94. The molecule has 3 aromatic rings. The number of rotatable bonds is 3. The summed E-state index contributed by atoms with van der Waals surface area (Å²) >= 11 is 6.03. The Hall–Kier alpha value is -2.13. The second kappa shape index (κ2) is 7.93. The van der Waals surface area contributed by atoms with Crippen molar-refractivity contribution in [3.63, 3.8) is 0 Å². The van der Waals surface area contributed by atoms with Crippen LogP contribution in [0.1, 0.15) is 19.4 Å². The Morgan fingerprint density at radius 1 is 1.09 bits per heavy atom. The first kappa shape index (κ1) is 17.2. The van der Waals surface area contributed by atoms with Crippen LogP contribution in [-0.4, -0.2) is 12.1 Å². The van der Waals surface area contributed by atoms with Crippen LogP contribution in [0.3, 0.4) is 0 Å². The zero-order valence-electron chi connectivity index (χ0n) is 13.4. The first-order valence-corrected chi connectivity index (χ1v) is 8.05. The second-order valence-corrected chi connectivity index (χ2v) is 4.94. The number of fused-ring (bicyclic) bond motifs is 1. The van der Waals surface area contributed by atoms with Crippen molar-refractivity contribution >= 4 is 22.5 Å². The van der Waals surface area contributed by atoms with Crippen LogP contribution in [0.5, 0.6) is 5.75 Å². The van der Waals surface area contributed by atoms with Gasteiger partial charge in [-0.05, 0) is 29.8 Å². The van der Waals surface area contributed by atoms with E-state index in [1.807, 2.05) is 44.2 Å². The molecule has 0 amide bonds. The number of hydrogen-bond donors (Lipinski definition) is 0. The van der Waals surface area contributed by atoms with E-state index < -0.39 is 0 Å². The molecular weight excluding hydrogens is 313 g/mol. The first-order chi connectivity index (χ1) is 11.2. The van der Waals surface area contributed by atoms with Crippen molar-refractivity contribution in [1.82, 2.24) is 4.98 Å². The molecular formula is C19H19ClFNO. The van der Waals surface area contributed by atoms with Crippen molar-refractivity contribution in [2.75, 3.05) is 7.11 Å². The Morgan fingerprint density at radius 2 is 1.83 bits per heavy atom. The molecule has 3 rings (SSSR count). The molecule has 0 fully saturated rings. The van der Waals surface area contributed by atoms with Crippen LogP contribution in [-0.2, 0) is 5.88 Å². The first-order valence-electron chi connectivity index (χ1n) is 7.51. The van der Waals surface area contributed by atoms with Crippen LogP contribution in [0.4, 0.5) is 4.39 Å². The van der Waals surface area contributed by atoms with E-state index in [9.17, 15) is 4.39 Å². The highest BCUT2D eigenvalue weighted by molar-refractivity contribution is 6.17. The summed E-state index contributed by atoms with van der Waals surface area (Å²) in [5.41, 5.74) is 3.00. The maximum absolute atomic E-state index is 13.5.